The van der Waals surface area contributed by atoms with Crippen molar-refractivity contribution in [3.63, 3.8) is 0 Å². The number of Topliss-reactive ketones (excluding diaryl/α,β-unsaturated/α-hetero) is 2. The predicted octanol–water partition coefficient (Wildman–Crippen LogP) is 3.42. The molecule has 0 aliphatic carbocycles. The van der Waals surface area contributed by atoms with Crippen LogP contribution in [-0.4, -0.2) is 43.0 Å². The number of hydrogen-bond donors (Lipinski definition) is 0. The van der Waals surface area contributed by atoms with E-state index in [2.05, 4.69) is 4.98 Å². The summed E-state index contributed by atoms with van der Waals surface area (Å²) in [5.41, 5.74) is 3.53. The fraction of sp³-hybridized carbons (Fsp3) is 0.273. The van der Waals surface area contributed by atoms with Crippen LogP contribution < -0.4 is 0 Å². The normalized spacial score (nSPS) is 11.7. The highest BCUT2D eigenvalue weighted by atomic mass is 32.2. The number of imidazole rings is 1. The highest BCUT2D eigenvalue weighted by molar-refractivity contribution is 8.01. The largest absolute Gasteiger partial charge is 0.303 e. The zero-order valence-corrected chi connectivity index (χ0v) is 17.9. The van der Waals surface area contributed by atoms with E-state index in [0.717, 1.165) is 5.56 Å². The molecule has 0 N–H and O–H groups in total. The van der Waals surface area contributed by atoms with Gasteiger partial charge in [0.1, 0.15) is 11.5 Å². The summed E-state index contributed by atoms with van der Waals surface area (Å²) in [5, 5.41) is 1.21. The Balaban J connectivity index is 2.27. The molecule has 152 valence electrons. The van der Waals surface area contributed by atoms with Crippen molar-refractivity contribution < 1.29 is 18.2 Å². The van der Waals surface area contributed by atoms with E-state index in [1.807, 2.05) is 19.1 Å². The monoisotopic (exact) mass is 414 g/mol. The Hall–Kier alpha value is -2.80. The smallest absolute Gasteiger partial charge is 0.169 e. The first kappa shape index (κ1) is 20.9. The number of benzene rings is 1. The highest BCUT2D eigenvalue weighted by Crippen LogP contribution is 2.31. The average Bonchev–Trinajstić information content (AvgIpc) is 2.89. The molecule has 0 atom stereocenters. The topological polar surface area (TPSA) is 68.5 Å². The highest BCUT2D eigenvalue weighted by Gasteiger charge is 2.22. The van der Waals surface area contributed by atoms with Crippen LogP contribution in [0.5, 0.6) is 0 Å². The van der Waals surface area contributed by atoms with Crippen LogP contribution in [0.2, 0.25) is 0 Å². The Morgan fingerprint density at radius 1 is 1.21 bits per heavy atom. The second-order valence-electron chi connectivity index (χ2n) is 7.62. The van der Waals surface area contributed by atoms with E-state index < -0.39 is 15.3 Å². The molecule has 0 unspecified atom stereocenters. The Labute approximate surface area is 169 Å². The maximum atomic E-state index is 15.0. The summed E-state index contributed by atoms with van der Waals surface area (Å²) >= 11 is 0. The summed E-state index contributed by atoms with van der Waals surface area (Å²) < 4.78 is 28.8. The van der Waals surface area contributed by atoms with E-state index in [1.54, 1.807) is 23.6 Å². The molecule has 0 aliphatic rings. The SMILES string of the molecule is CC(=O)c1cc(C)c(-c2nc3cc(C)ccn3c2CC(=O)C=S(C)(C)=O)c(F)c1. The van der Waals surface area contributed by atoms with Gasteiger partial charge in [0.2, 0.25) is 0 Å². The van der Waals surface area contributed by atoms with Gasteiger partial charge in [0, 0.05) is 35.2 Å². The van der Waals surface area contributed by atoms with Crippen LogP contribution in [0.3, 0.4) is 0 Å². The molecule has 7 heteroatoms. The lowest BCUT2D eigenvalue weighted by Crippen LogP contribution is -2.13. The zero-order valence-electron chi connectivity index (χ0n) is 17.1. The molecule has 0 aliphatic heterocycles. The number of fused-ring (bicyclic) bond motifs is 1. The number of ketones is 2. The van der Waals surface area contributed by atoms with Crippen LogP contribution in [0.25, 0.3) is 16.9 Å². The number of rotatable bonds is 5. The zero-order chi connectivity index (χ0) is 21.5. The molecule has 3 rings (SSSR count). The molecule has 2 aromatic heterocycles. The first-order valence-electron chi connectivity index (χ1n) is 9.07. The Morgan fingerprint density at radius 3 is 2.48 bits per heavy atom. The maximum Gasteiger partial charge on any atom is 0.169 e. The molecule has 0 saturated heterocycles. The van der Waals surface area contributed by atoms with E-state index in [-0.39, 0.29) is 29.1 Å². The third-order valence-corrected chi connectivity index (χ3v) is 5.40. The molecule has 0 spiro atoms. The van der Waals surface area contributed by atoms with Gasteiger partial charge in [-0.05, 0) is 65.7 Å². The molecule has 1 aromatic carbocycles. The van der Waals surface area contributed by atoms with Gasteiger partial charge >= 0.3 is 0 Å². The molecule has 29 heavy (non-hydrogen) atoms. The van der Waals surface area contributed by atoms with Gasteiger partial charge in [-0.15, -0.1) is 0 Å². The third-order valence-electron chi connectivity index (χ3n) is 4.57. The van der Waals surface area contributed by atoms with Crippen molar-refractivity contribution in [1.29, 1.82) is 0 Å². The summed E-state index contributed by atoms with van der Waals surface area (Å²) in [7, 11) is -2.36. The quantitative estimate of drug-likeness (QED) is 0.474. The van der Waals surface area contributed by atoms with Gasteiger partial charge in [-0.1, -0.05) is 0 Å². The van der Waals surface area contributed by atoms with Crippen molar-refractivity contribution in [2.45, 2.75) is 27.2 Å². The van der Waals surface area contributed by atoms with Crippen molar-refractivity contribution in [3.8, 4) is 11.3 Å². The Morgan fingerprint density at radius 2 is 1.90 bits per heavy atom. The number of hydrogen-bond acceptors (Lipinski definition) is 4. The predicted molar refractivity (Wildman–Crippen MR) is 115 cm³/mol. The second-order valence-corrected chi connectivity index (χ2v) is 10.5. The van der Waals surface area contributed by atoms with Gasteiger partial charge in [0.05, 0.1) is 17.8 Å². The molecule has 2 heterocycles. The summed E-state index contributed by atoms with van der Waals surface area (Å²) in [6, 6.07) is 6.54. The number of carbonyl (C=O) groups is 2. The molecular weight excluding hydrogens is 391 g/mol. The lowest BCUT2D eigenvalue weighted by molar-refractivity contribution is -0.111. The number of aryl methyl sites for hydroxylation is 2. The molecule has 0 radical (unpaired) electrons. The maximum absolute atomic E-state index is 15.0. The van der Waals surface area contributed by atoms with Gasteiger partial charge < -0.3 is 4.40 Å². The number of pyridine rings is 1. The number of carbonyl (C=O) groups excluding carboxylic acids is 2. The van der Waals surface area contributed by atoms with Crippen LogP contribution in [-0.2, 0) is 20.7 Å². The van der Waals surface area contributed by atoms with Gasteiger partial charge in [0.15, 0.2) is 11.6 Å². The van der Waals surface area contributed by atoms with Crippen LogP contribution in [0.15, 0.2) is 30.5 Å². The molecule has 5 nitrogen and oxygen atoms in total. The van der Waals surface area contributed by atoms with Crippen LogP contribution in [0.4, 0.5) is 4.39 Å². The van der Waals surface area contributed by atoms with Crippen molar-refractivity contribution >= 4 is 32.1 Å². The third kappa shape index (κ3) is 4.45. The minimum atomic E-state index is -2.36. The van der Waals surface area contributed by atoms with Crippen molar-refractivity contribution in [2.75, 3.05) is 12.5 Å². The molecular formula is C22H23FN2O3S. The lowest BCUT2D eigenvalue weighted by Gasteiger charge is -2.10. The number of aromatic nitrogens is 2. The minimum Gasteiger partial charge on any atom is -0.303 e. The van der Waals surface area contributed by atoms with Crippen LogP contribution in [0.1, 0.15) is 34.1 Å². The first-order valence-corrected chi connectivity index (χ1v) is 11.5. The van der Waals surface area contributed by atoms with Gasteiger partial charge in [-0.3, -0.25) is 13.8 Å². The van der Waals surface area contributed by atoms with E-state index in [9.17, 15) is 13.8 Å². The standard InChI is InChI=1S/C22H23FN2O3S/c1-13-6-7-25-19(11-17(27)12-29(4,5)28)22(24-20(25)8-13)21-14(2)9-16(15(3)26)10-18(21)23/h6-10,12H,11H2,1-5H3. The summed E-state index contributed by atoms with van der Waals surface area (Å²) in [6.45, 7) is 5.01. The Kier molecular flexibility index (Phi) is 5.45. The number of halogens is 1. The average molecular weight is 415 g/mol. The summed E-state index contributed by atoms with van der Waals surface area (Å²) in [6.07, 6.45) is 4.71. The van der Waals surface area contributed by atoms with E-state index in [0.29, 0.717) is 22.6 Å². The lowest BCUT2D eigenvalue weighted by atomic mass is 9.98. The van der Waals surface area contributed by atoms with Crippen molar-refractivity contribution in [3.05, 3.63) is 58.7 Å². The van der Waals surface area contributed by atoms with E-state index in [1.165, 1.54) is 30.9 Å². The van der Waals surface area contributed by atoms with E-state index >= 15 is 4.39 Å². The Bertz CT molecular complexity index is 1250. The summed E-state index contributed by atoms with van der Waals surface area (Å²) in [4.78, 5) is 28.8. The fourth-order valence-corrected chi connectivity index (χ4v) is 4.05. The fourth-order valence-electron chi connectivity index (χ4n) is 3.34. The molecule has 0 fully saturated rings. The number of nitrogens with zero attached hydrogens (tertiary/aromatic N) is 2. The second kappa shape index (κ2) is 7.55. The summed E-state index contributed by atoms with van der Waals surface area (Å²) in [5.74, 6) is -1.11. The van der Waals surface area contributed by atoms with Crippen molar-refractivity contribution in [1.82, 2.24) is 9.38 Å². The molecule has 3 aromatic rings. The van der Waals surface area contributed by atoms with Crippen molar-refractivity contribution in [2.24, 2.45) is 0 Å². The minimum absolute atomic E-state index is 0.0639. The van der Waals surface area contributed by atoms with Gasteiger partial charge in [-0.2, -0.15) is 0 Å². The first-order chi connectivity index (χ1) is 13.5. The molecule has 0 amide bonds. The molecule has 0 saturated carbocycles. The van der Waals surface area contributed by atoms with Gasteiger partial charge in [-0.25, -0.2) is 9.37 Å². The van der Waals surface area contributed by atoms with Crippen LogP contribution in [0, 0.1) is 19.7 Å². The van der Waals surface area contributed by atoms with E-state index in [4.69, 9.17) is 0 Å². The van der Waals surface area contributed by atoms with Gasteiger partial charge in [0.25, 0.3) is 0 Å². The molecule has 0 bridgehead atoms. The van der Waals surface area contributed by atoms with Crippen LogP contribution >= 0.6 is 0 Å².